The summed E-state index contributed by atoms with van der Waals surface area (Å²) < 4.78 is 0. The second-order valence-electron chi connectivity index (χ2n) is 5.60. The Morgan fingerprint density at radius 1 is 1.28 bits per heavy atom. The minimum Gasteiger partial charge on any atom is -0.341 e. The van der Waals surface area contributed by atoms with Crippen LogP contribution in [0.25, 0.3) is 0 Å². The topological polar surface area (TPSA) is 32.3 Å². The van der Waals surface area contributed by atoms with Gasteiger partial charge in [-0.3, -0.25) is 4.79 Å². The molecule has 1 saturated heterocycles. The fourth-order valence-corrected chi connectivity index (χ4v) is 2.53. The van der Waals surface area contributed by atoms with E-state index in [1.54, 1.807) is 0 Å². The van der Waals surface area contributed by atoms with Crippen molar-refractivity contribution in [2.45, 2.75) is 65.3 Å². The SMILES string of the molecule is CCCNC(CN1CCCCCC1=O)C(C)CC. The van der Waals surface area contributed by atoms with Crippen molar-refractivity contribution in [3.8, 4) is 0 Å². The molecule has 2 unspecified atom stereocenters. The first kappa shape index (κ1) is 15.5. The predicted octanol–water partition coefficient (Wildman–Crippen LogP) is 2.80. The zero-order chi connectivity index (χ0) is 13.4. The van der Waals surface area contributed by atoms with Crippen LogP contribution >= 0.6 is 0 Å². The monoisotopic (exact) mass is 254 g/mol. The maximum atomic E-state index is 12.0. The highest BCUT2D eigenvalue weighted by Crippen LogP contribution is 2.15. The van der Waals surface area contributed by atoms with Crippen LogP contribution in [0, 0.1) is 5.92 Å². The van der Waals surface area contributed by atoms with E-state index in [2.05, 4.69) is 31.0 Å². The summed E-state index contributed by atoms with van der Waals surface area (Å²) in [6.07, 6.45) is 6.53. The molecule has 18 heavy (non-hydrogen) atoms. The van der Waals surface area contributed by atoms with Crippen LogP contribution in [0.5, 0.6) is 0 Å². The standard InChI is InChI=1S/C15H30N2O/c1-4-10-16-14(13(3)5-2)12-17-11-8-6-7-9-15(17)18/h13-14,16H,4-12H2,1-3H3. The van der Waals surface area contributed by atoms with Gasteiger partial charge in [-0.15, -0.1) is 0 Å². The van der Waals surface area contributed by atoms with Gasteiger partial charge in [-0.1, -0.05) is 33.6 Å². The molecule has 0 bridgehead atoms. The molecule has 0 aromatic carbocycles. The number of hydrogen-bond acceptors (Lipinski definition) is 2. The van der Waals surface area contributed by atoms with Gasteiger partial charge in [0.2, 0.25) is 5.91 Å². The third kappa shape index (κ3) is 4.97. The van der Waals surface area contributed by atoms with Crippen LogP contribution in [0.2, 0.25) is 0 Å². The Labute approximate surface area is 112 Å². The fourth-order valence-electron chi connectivity index (χ4n) is 2.53. The van der Waals surface area contributed by atoms with E-state index in [1.165, 1.54) is 19.3 Å². The molecule has 0 radical (unpaired) electrons. The third-order valence-corrected chi connectivity index (χ3v) is 4.08. The molecule has 0 spiro atoms. The number of carbonyl (C=O) groups excluding carboxylic acids is 1. The molecular formula is C15H30N2O. The minimum absolute atomic E-state index is 0.360. The molecule has 3 heteroatoms. The van der Waals surface area contributed by atoms with Crippen molar-refractivity contribution >= 4 is 5.91 Å². The second kappa shape index (κ2) is 8.52. The number of carbonyl (C=O) groups is 1. The Balaban J connectivity index is 2.53. The summed E-state index contributed by atoms with van der Waals surface area (Å²) in [7, 11) is 0. The van der Waals surface area contributed by atoms with Crippen molar-refractivity contribution < 1.29 is 4.79 Å². The highest BCUT2D eigenvalue weighted by atomic mass is 16.2. The van der Waals surface area contributed by atoms with E-state index < -0.39 is 0 Å². The summed E-state index contributed by atoms with van der Waals surface area (Å²) in [6.45, 7) is 9.62. The second-order valence-corrected chi connectivity index (χ2v) is 5.60. The Kier molecular flexibility index (Phi) is 7.33. The van der Waals surface area contributed by atoms with Gasteiger partial charge in [0.25, 0.3) is 0 Å². The molecule has 2 atom stereocenters. The van der Waals surface area contributed by atoms with E-state index in [-0.39, 0.29) is 0 Å². The molecule has 0 saturated carbocycles. The van der Waals surface area contributed by atoms with Crippen molar-refractivity contribution in [3.63, 3.8) is 0 Å². The summed E-state index contributed by atoms with van der Waals surface area (Å²) in [5, 5.41) is 3.61. The normalized spacial score (nSPS) is 20.6. The van der Waals surface area contributed by atoms with E-state index in [4.69, 9.17) is 0 Å². The summed E-state index contributed by atoms with van der Waals surface area (Å²) in [5.74, 6) is 0.992. The first-order valence-electron chi connectivity index (χ1n) is 7.70. The van der Waals surface area contributed by atoms with E-state index in [9.17, 15) is 4.79 Å². The van der Waals surface area contributed by atoms with Crippen LogP contribution in [0.1, 0.15) is 59.3 Å². The van der Waals surface area contributed by atoms with Gasteiger partial charge in [0.05, 0.1) is 0 Å². The van der Waals surface area contributed by atoms with Crippen molar-refractivity contribution in [2.75, 3.05) is 19.6 Å². The average Bonchev–Trinajstić information content (AvgIpc) is 2.58. The number of likely N-dealkylation sites (tertiary alicyclic amines) is 1. The molecule has 1 amide bonds. The molecule has 1 rings (SSSR count). The zero-order valence-corrected chi connectivity index (χ0v) is 12.4. The van der Waals surface area contributed by atoms with Crippen LogP contribution in [0.3, 0.4) is 0 Å². The number of nitrogens with zero attached hydrogens (tertiary/aromatic N) is 1. The van der Waals surface area contributed by atoms with Crippen molar-refractivity contribution in [3.05, 3.63) is 0 Å². The highest BCUT2D eigenvalue weighted by Gasteiger charge is 2.23. The van der Waals surface area contributed by atoms with Gasteiger partial charge in [-0.05, 0) is 31.7 Å². The quantitative estimate of drug-likeness (QED) is 0.757. The number of nitrogens with one attached hydrogen (secondary N) is 1. The van der Waals surface area contributed by atoms with Crippen LogP contribution < -0.4 is 5.32 Å². The molecule has 106 valence electrons. The van der Waals surface area contributed by atoms with Gasteiger partial charge >= 0.3 is 0 Å². The third-order valence-electron chi connectivity index (χ3n) is 4.08. The van der Waals surface area contributed by atoms with Gasteiger partial charge in [0.1, 0.15) is 0 Å². The number of amides is 1. The lowest BCUT2D eigenvalue weighted by Gasteiger charge is -2.31. The summed E-state index contributed by atoms with van der Waals surface area (Å²) in [4.78, 5) is 14.1. The first-order chi connectivity index (χ1) is 8.69. The molecule has 1 aliphatic rings. The van der Waals surface area contributed by atoms with E-state index in [0.717, 1.165) is 38.9 Å². The molecule has 1 fully saturated rings. The Morgan fingerprint density at radius 3 is 2.72 bits per heavy atom. The van der Waals surface area contributed by atoms with Crippen LogP contribution in [0.4, 0.5) is 0 Å². The molecule has 1 aliphatic heterocycles. The largest absolute Gasteiger partial charge is 0.341 e. The summed E-state index contributed by atoms with van der Waals surface area (Å²) in [5.41, 5.74) is 0. The lowest BCUT2D eigenvalue weighted by atomic mass is 9.98. The summed E-state index contributed by atoms with van der Waals surface area (Å²) >= 11 is 0. The number of rotatable bonds is 7. The Bertz CT molecular complexity index is 243. The Hall–Kier alpha value is -0.570. The van der Waals surface area contributed by atoms with E-state index in [1.807, 2.05) is 0 Å². The van der Waals surface area contributed by atoms with Crippen molar-refractivity contribution in [1.82, 2.24) is 10.2 Å². The predicted molar refractivity (Wildman–Crippen MR) is 76.6 cm³/mol. The molecule has 0 aromatic heterocycles. The van der Waals surface area contributed by atoms with Gasteiger partial charge in [0, 0.05) is 25.6 Å². The van der Waals surface area contributed by atoms with Crippen LogP contribution in [-0.4, -0.2) is 36.5 Å². The van der Waals surface area contributed by atoms with E-state index >= 15 is 0 Å². The van der Waals surface area contributed by atoms with E-state index in [0.29, 0.717) is 17.9 Å². The van der Waals surface area contributed by atoms with Gasteiger partial charge in [-0.25, -0.2) is 0 Å². The first-order valence-corrected chi connectivity index (χ1v) is 7.70. The lowest BCUT2D eigenvalue weighted by molar-refractivity contribution is -0.131. The summed E-state index contributed by atoms with van der Waals surface area (Å²) in [6, 6.07) is 0.456. The maximum absolute atomic E-state index is 12.0. The highest BCUT2D eigenvalue weighted by molar-refractivity contribution is 5.76. The number of hydrogen-bond donors (Lipinski definition) is 1. The Morgan fingerprint density at radius 2 is 2.06 bits per heavy atom. The molecule has 1 N–H and O–H groups in total. The molecular weight excluding hydrogens is 224 g/mol. The van der Waals surface area contributed by atoms with Crippen LogP contribution in [-0.2, 0) is 4.79 Å². The average molecular weight is 254 g/mol. The van der Waals surface area contributed by atoms with Crippen molar-refractivity contribution in [1.29, 1.82) is 0 Å². The lowest BCUT2D eigenvalue weighted by Crippen LogP contribution is -2.47. The van der Waals surface area contributed by atoms with Gasteiger partial charge in [0.15, 0.2) is 0 Å². The maximum Gasteiger partial charge on any atom is 0.222 e. The van der Waals surface area contributed by atoms with Crippen LogP contribution in [0.15, 0.2) is 0 Å². The van der Waals surface area contributed by atoms with Crippen molar-refractivity contribution in [2.24, 2.45) is 5.92 Å². The molecule has 1 heterocycles. The van der Waals surface area contributed by atoms with Gasteiger partial charge < -0.3 is 10.2 Å². The van der Waals surface area contributed by atoms with Gasteiger partial charge in [-0.2, -0.15) is 0 Å². The minimum atomic E-state index is 0.360. The molecule has 0 aliphatic carbocycles. The molecule has 3 nitrogen and oxygen atoms in total. The molecule has 0 aromatic rings. The smallest absolute Gasteiger partial charge is 0.222 e. The fraction of sp³-hybridized carbons (Fsp3) is 0.933. The zero-order valence-electron chi connectivity index (χ0n) is 12.4.